The maximum Gasteiger partial charge on any atom is 0.303 e. The lowest BCUT2D eigenvalue weighted by atomic mass is 10.1. The summed E-state index contributed by atoms with van der Waals surface area (Å²) in [5, 5.41) is 0. The molecule has 0 N–H and O–H groups in total. The molecule has 1 aliphatic rings. The van der Waals surface area contributed by atoms with Crippen molar-refractivity contribution in [2.45, 2.75) is 32.2 Å². The largest absolute Gasteiger partial charge is 0.463 e. The van der Waals surface area contributed by atoms with Crippen molar-refractivity contribution in [3.63, 3.8) is 0 Å². The third kappa shape index (κ3) is 3.46. The molecule has 0 spiro atoms. The van der Waals surface area contributed by atoms with Crippen molar-refractivity contribution in [1.82, 2.24) is 0 Å². The highest BCUT2D eigenvalue weighted by Gasteiger charge is 2.40. The Labute approximate surface area is 93.8 Å². The number of esters is 2. The highest BCUT2D eigenvalue weighted by Crippen LogP contribution is 2.20. The zero-order chi connectivity index (χ0) is 12.1. The van der Waals surface area contributed by atoms with Crippen molar-refractivity contribution >= 4 is 11.9 Å². The average molecular weight is 232 g/mol. The summed E-state index contributed by atoms with van der Waals surface area (Å²) in [6.45, 7) is 3.00. The van der Waals surface area contributed by atoms with E-state index in [1.165, 1.54) is 21.0 Å². The van der Waals surface area contributed by atoms with Gasteiger partial charge in [-0.15, -0.1) is 0 Å². The van der Waals surface area contributed by atoms with Gasteiger partial charge in [-0.3, -0.25) is 9.59 Å². The van der Waals surface area contributed by atoms with E-state index in [1.54, 1.807) is 0 Å². The van der Waals surface area contributed by atoms with Crippen LogP contribution in [-0.2, 0) is 28.5 Å². The predicted molar refractivity (Wildman–Crippen MR) is 52.7 cm³/mol. The minimum Gasteiger partial charge on any atom is -0.463 e. The standard InChI is InChI=1S/C10H16O6/c1-6(11)14-4-8-10(13-3)9(5-15-8)16-7(2)12/h8-10H,4-5H2,1-3H3/t8-,9+,10-/m1/s1. The third-order valence-electron chi connectivity index (χ3n) is 2.25. The fourth-order valence-corrected chi connectivity index (χ4v) is 1.61. The summed E-state index contributed by atoms with van der Waals surface area (Å²) in [4.78, 5) is 21.5. The molecular weight excluding hydrogens is 216 g/mol. The molecule has 0 aromatic heterocycles. The van der Waals surface area contributed by atoms with Gasteiger partial charge in [-0.2, -0.15) is 0 Å². The molecule has 0 aromatic carbocycles. The van der Waals surface area contributed by atoms with E-state index in [2.05, 4.69) is 0 Å². The van der Waals surface area contributed by atoms with E-state index >= 15 is 0 Å². The SMILES string of the molecule is CO[C@H]1[C@@H](OC(C)=O)CO[C@@H]1COC(C)=O. The van der Waals surface area contributed by atoms with Crippen molar-refractivity contribution in [3.8, 4) is 0 Å². The molecule has 16 heavy (non-hydrogen) atoms. The summed E-state index contributed by atoms with van der Waals surface area (Å²) in [5.74, 6) is -0.766. The van der Waals surface area contributed by atoms with Crippen LogP contribution in [0.25, 0.3) is 0 Å². The molecule has 0 unspecified atom stereocenters. The molecule has 1 rings (SSSR count). The Bertz CT molecular complexity index is 264. The summed E-state index contributed by atoms with van der Waals surface area (Å²) in [5.41, 5.74) is 0. The molecule has 0 radical (unpaired) electrons. The fraction of sp³-hybridized carbons (Fsp3) is 0.800. The van der Waals surface area contributed by atoms with Crippen molar-refractivity contribution in [1.29, 1.82) is 0 Å². The van der Waals surface area contributed by atoms with E-state index in [0.717, 1.165) is 0 Å². The van der Waals surface area contributed by atoms with Gasteiger partial charge >= 0.3 is 11.9 Å². The van der Waals surface area contributed by atoms with Gasteiger partial charge in [-0.1, -0.05) is 0 Å². The Balaban J connectivity index is 2.48. The van der Waals surface area contributed by atoms with Crippen LogP contribution < -0.4 is 0 Å². The van der Waals surface area contributed by atoms with E-state index in [4.69, 9.17) is 18.9 Å². The molecule has 0 amide bonds. The second-order valence-corrected chi connectivity index (χ2v) is 3.52. The van der Waals surface area contributed by atoms with Crippen molar-refractivity contribution < 1.29 is 28.5 Å². The Morgan fingerprint density at radius 1 is 1.31 bits per heavy atom. The quantitative estimate of drug-likeness (QED) is 0.630. The van der Waals surface area contributed by atoms with Gasteiger partial charge in [0.2, 0.25) is 0 Å². The molecule has 0 saturated carbocycles. The predicted octanol–water partition coefficient (Wildman–Crippen LogP) is -0.105. The molecule has 0 aromatic rings. The van der Waals surface area contributed by atoms with E-state index in [9.17, 15) is 9.59 Å². The monoisotopic (exact) mass is 232 g/mol. The lowest BCUT2D eigenvalue weighted by Gasteiger charge is -2.20. The molecule has 0 bridgehead atoms. The van der Waals surface area contributed by atoms with E-state index in [0.29, 0.717) is 0 Å². The minimum absolute atomic E-state index is 0.103. The van der Waals surface area contributed by atoms with Gasteiger partial charge in [0, 0.05) is 21.0 Å². The van der Waals surface area contributed by atoms with Crippen molar-refractivity contribution in [2.24, 2.45) is 0 Å². The number of ether oxygens (including phenoxy) is 4. The normalized spacial score (nSPS) is 28.8. The number of rotatable bonds is 4. The van der Waals surface area contributed by atoms with Crippen LogP contribution in [0.2, 0.25) is 0 Å². The van der Waals surface area contributed by atoms with Gasteiger partial charge in [0.05, 0.1) is 6.61 Å². The first-order valence-electron chi connectivity index (χ1n) is 4.99. The molecule has 3 atom stereocenters. The van der Waals surface area contributed by atoms with Crippen LogP contribution in [0, 0.1) is 0 Å². The second-order valence-electron chi connectivity index (χ2n) is 3.52. The zero-order valence-corrected chi connectivity index (χ0v) is 9.60. The molecular formula is C10H16O6. The number of carbonyl (C=O) groups excluding carboxylic acids is 2. The Morgan fingerprint density at radius 3 is 2.50 bits per heavy atom. The maximum atomic E-state index is 10.8. The van der Waals surface area contributed by atoms with Crippen LogP contribution in [0.1, 0.15) is 13.8 Å². The van der Waals surface area contributed by atoms with Gasteiger partial charge in [0.25, 0.3) is 0 Å². The third-order valence-corrected chi connectivity index (χ3v) is 2.25. The minimum atomic E-state index is -0.442. The molecule has 1 saturated heterocycles. The van der Waals surface area contributed by atoms with Gasteiger partial charge in [-0.05, 0) is 0 Å². The molecule has 1 heterocycles. The zero-order valence-electron chi connectivity index (χ0n) is 9.60. The highest BCUT2D eigenvalue weighted by atomic mass is 16.6. The van der Waals surface area contributed by atoms with Gasteiger partial charge < -0.3 is 18.9 Å². The van der Waals surface area contributed by atoms with E-state index in [-0.39, 0.29) is 25.2 Å². The number of methoxy groups -OCH3 is 1. The molecule has 1 aliphatic heterocycles. The van der Waals surface area contributed by atoms with Crippen LogP contribution in [-0.4, -0.2) is 50.6 Å². The highest BCUT2D eigenvalue weighted by molar-refractivity contribution is 5.66. The molecule has 0 aliphatic carbocycles. The topological polar surface area (TPSA) is 71.1 Å². The van der Waals surface area contributed by atoms with Crippen LogP contribution in [0.15, 0.2) is 0 Å². The van der Waals surface area contributed by atoms with Gasteiger partial charge in [-0.25, -0.2) is 0 Å². The average Bonchev–Trinajstić information content (AvgIpc) is 2.56. The fourth-order valence-electron chi connectivity index (χ4n) is 1.61. The van der Waals surface area contributed by atoms with Crippen LogP contribution in [0.5, 0.6) is 0 Å². The first-order valence-corrected chi connectivity index (χ1v) is 4.99. The summed E-state index contributed by atoms with van der Waals surface area (Å²) in [6.07, 6.45) is -1.23. The Kier molecular flexibility index (Phi) is 4.70. The van der Waals surface area contributed by atoms with Crippen molar-refractivity contribution in [3.05, 3.63) is 0 Å². The second kappa shape index (κ2) is 5.81. The number of hydrogen-bond donors (Lipinski definition) is 0. The van der Waals surface area contributed by atoms with Gasteiger partial charge in [0.15, 0.2) is 6.10 Å². The van der Waals surface area contributed by atoms with Gasteiger partial charge in [0.1, 0.15) is 18.8 Å². The first-order chi connectivity index (χ1) is 7.54. The number of carbonyl (C=O) groups is 2. The summed E-state index contributed by atoms with van der Waals surface area (Å²) < 4.78 is 20.4. The van der Waals surface area contributed by atoms with E-state index in [1.807, 2.05) is 0 Å². The molecule has 1 fully saturated rings. The van der Waals surface area contributed by atoms with Crippen LogP contribution in [0.4, 0.5) is 0 Å². The van der Waals surface area contributed by atoms with Crippen LogP contribution in [0.3, 0.4) is 0 Å². The lowest BCUT2D eigenvalue weighted by Crippen LogP contribution is -2.37. The molecule has 6 heteroatoms. The smallest absolute Gasteiger partial charge is 0.303 e. The summed E-state index contributed by atoms with van der Waals surface area (Å²) in [7, 11) is 1.50. The first kappa shape index (κ1) is 12.9. The molecule has 6 nitrogen and oxygen atoms in total. The van der Waals surface area contributed by atoms with Crippen LogP contribution >= 0.6 is 0 Å². The summed E-state index contributed by atoms with van der Waals surface area (Å²) >= 11 is 0. The lowest BCUT2D eigenvalue weighted by molar-refractivity contribution is -0.153. The van der Waals surface area contributed by atoms with Crippen molar-refractivity contribution in [2.75, 3.05) is 20.3 Å². The number of hydrogen-bond acceptors (Lipinski definition) is 6. The maximum absolute atomic E-state index is 10.8. The Hall–Kier alpha value is -1.14. The Morgan fingerprint density at radius 2 is 2.00 bits per heavy atom. The summed E-state index contributed by atoms with van der Waals surface area (Å²) in [6, 6.07) is 0. The molecule has 92 valence electrons. The van der Waals surface area contributed by atoms with E-state index < -0.39 is 18.3 Å².